The lowest BCUT2D eigenvalue weighted by Crippen LogP contribution is -2.04. The van der Waals surface area contributed by atoms with Crippen LogP contribution in [0.5, 0.6) is 0 Å². The first kappa shape index (κ1) is 17.8. The van der Waals surface area contributed by atoms with Gasteiger partial charge in [0, 0.05) is 12.0 Å². The highest BCUT2D eigenvalue weighted by Crippen LogP contribution is 2.34. The zero-order chi connectivity index (χ0) is 19.0. The largest absolute Gasteiger partial charge is 0.338 e. The zero-order valence-electron chi connectivity index (χ0n) is 14.6. The van der Waals surface area contributed by atoms with Gasteiger partial charge in [-0.1, -0.05) is 53.5 Å². The van der Waals surface area contributed by atoms with Crippen LogP contribution in [0.25, 0.3) is 22.4 Å². The first-order valence-electron chi connectivity index (χ1n) is 8.55. The van der Waals surface area contributed by atoms with E-state index in [1.165, 1.54) is 0 Å². The monoisotopic (exact) mass is 394 g/mol. The quantitative estimate of drug-likeness (QED) is 0.414. The normalized spacial score (nSPS) is 11.1. The van der Waals surface area contributed by atoms with Gasteiger partial charge in [-0.3, -0.25) is 4.79 Å². The molecule has 0 unspecified atom stereocenters. The van der Waals surface area contributed by atoms with E-state index in [2.05, 4.69) is 9.97 Å². The molecule has 0 fully saturated rings. The van der Waals surface area contributed by atoms with Gasteiger partial charge in [0.1, 0.15) is 5.82 Å². The summed E-state index contributed by atoms with van der Waals surface area (Å²) in [5.41, 5.74) is 4.99. The topological polar surface area (TPSA) is 45.8 Å². The van der Waals surface area contributed by atoms with Crippen molar-refractivity contribution in [3.63, 3.8) is 0 Å². The van der Waals surface area contributed by atoms with Crippen molar-refractivity contribution in [2.24, 2.45) is 0 Å². The summed E-state index contributed by atoms with van der Waals surface area (Å²) in [6.45, 7) is 2.01. The van der Waals surface area contributed by atoms with E-state index in [4.69, 9.17) is 23.2 Å². The van der Waals surface area contributed by atoms with Gasteiger partial charge >= 0.3 is 0 Å². The third-order valence-corrected chi connectivity index (χ3v) is 5.25. The average Bonchev–Trinajstić information content (AvgIpc) is 3.06. The number of aromatic nitrogens is 2. The molecule has 0 saturated carbocycles. The highest BCUT2D eigenvalue weighted by atomic mass is 35.5. The maximum absolute atomic E-state index is 12.7. The molecule has 4 rings (SSSR count). The molecule has 3 nitrogen and oxygen atoms in total. The van der Waals surface area contributed by atoms with Crippen molar-refractivity contribution in [2.45, 2.75) is 13.3 Å². The Morgan fingerprint density at radius 1 is 1.00 bits per heavy atom. The molecule has 4 aromatic rings. The van der Waals surface area contributed by atoms with Crippen molar-refractivity contribution >= 4 is 40.0 Å². The number of aromatic amines is 1. The Hall–Kier alpha value is -2.62. The van der Waals surface area contributed by atoms with Crippen LogP contribution in [0, 0.1) is 6.92 Å². The number of hydrogen-bond donors (Lipinski definition) is 1. The molecule has 0 atom stereocenters. The van der Waals surface area contributed by atoms with Crippen molar-refractivity contribution in [2.75, 3.05) is 0 Å². The Morgan fingerprint density at radius 3 is 2.48 bits per heavy atom. The van der Waals surface area contributed by atoms with Gasteiger partial charge in [0.2, 0.25) is 0 Å². The maximum Gasteiger partial charge on any atom is 0.167 e. The molecule has 0 aliphatic heterocycles. The number of carbonyl (C=O) groups excluding carboxylic acids is 1. The van der Waals surface area contributed by atoms with Crippen LogP contribution < -0.4 is 0 Å². The molecule has 0 radical (unpaired) electrons. The van der Waals surface area contributed by atoms with Gasteiger partial charge in [-0.2, -0.15) is 0 Å². The number of fused-ring (bicyclic) bond motifs is 1. The van der Waals surface area contributed by atoms with Crippen LogP contribution in [-0.4, -0.2) is 15.8 Å². The highest BCUT2D eigenvalue weighted by molar-refractivity contribution is 6.39. The lowest BCUT2D eigenvalue weighted by atomic mass is 9.99. The lowest BCUT2D eigenvalue weighted by molar-refractivity contribution is 0.0993. The Kier molecular flexibility index (Phi) is 4.73. The van der Waals surface area contributed by atoms with Crippen LogP contribution in [0.4, 0.5) is 0 Å². The summed E-state index contributed by atoms with van der Waals surface area (Å²) in [5, 5.41) is 1.05. The van der Waals surface area contributed by atoms with Gasteiger partial charge in [0.25, 0.3) is 0 Å². The number of Topliss-reactive ketones (excluding diaryl/α,β-unsaturated/α-hetero) is 1. The summed E-state index contributed by atoms with van der Waals surface area (Å²) < 4.78 is 0. The predicted octanol–water partition coefficient (Wildman–Crippen LogP) is 6.27. The minimum atomic E-state index is 0.0677. The fourth-order valence-electron chi connectivity index (χ4n) is 3.11. The van der Waals surface area contributed by atoms with E-state index in [1.807, 2.05) is 49.4 Å². The van der Waals surface area contributed by atoms with Crippen molar-refractivity contribution in [1.82, 2.24) is 9.97 Å². The van der Waals surface area contributed by atoms with Gasteiger partial charge < -0.3 is 4.98 Å². The Bertz CT molecular complexity index is 1140. The zero-order valence-corrected chi connectivity index (χ0v) is 16.1. The van der Waals surface area contributed by atoms with Gasteiger partial charge in [0.15, 0.2) is 5.78 Å². The minimum absolute atomic E-state index is 0.0677. The average molecular weight is 395 g/mol. The van der Waals surface area contributed by atoms with Crippen molar-refractivity contribution in [3.05, 3.63) is 87.4 Å². The number of aryl methyl sites for hydroxylation is 1. The van der Waals surface area contributed by atoms with Crippen LogP contribution in [0.1, 0.15) is 21.5 Å². The van der Waals surface area contributed by atoms with Crippen molar-refractivity contribution < 1.29 is 4.79 Å². The summed E-state index contributed by atoms with van der Waals surface area (Å²) in [6, 6.07) is 18.7. The van der Waals surface area contributed by atoms with Crippen LogP contribution in [0.3, 0.4) is 0 Å². The third kappa shape index (κ3) is 3.48. The molecule has 27 heavy (non-hydrogen) atoms. The molecular weight excluding hydrogens is 379 g/mol. The van der Waals surface area contributed by atoms with Gasteiger partial charge in [-0.25, -0.2) is 4.98 Å². The van der Waals surface area contributed by atoms with Crippen molar-refractivity contribution in [3.8, 4) is 11.4 Å². The van der Waals surface area contributed by atoms with E-state index in [9.17, 15) is 4.79 Å². The molecule has 0 amide bonds. The minimum Gasteiger partial charge on any atom is -0.338 e. The second-order valence-corrected chi connectivity index (χ2v) is 7.25. The molecule has 0 spiro atoms. The molecule has 1 aromatic heterocycles. The molecule has 1 heterocycles. The number of carbonyl (C=O) groups is 1. The Morgan fingerprint density at radius 2 is 1.74 bits per heavy atom. The van der Waals surface area contributed by atoms with Crippen LogP contribution >= 0.6 is 23.2 Å². The summed E-state index contributed by atoms with van der Waals surface area (Å²) in [5.74, 6) is 0.655. The van der Waals surface area contributed by atoms with Gasteiger partial charge in [-0.05, 0) is 48.4 Å². The Labute approximate surface area is 167 Å². The predicted molar refractivity (Wildman–Crippen MR) is 111 cm³/mol. The SMILES string of the molecule is Cc1ccccc1CC(=O)c1ccc2nc(-c3c(Cl)cccc3Cl)[nH]c2c1. The van der Waals surface area contributed by atoms with E-state index in [1.54, 1.807) is 18.2 Å². The second-order valence-electron chi connectivity index (χ2n) is 6.44. The van der Waals surface area contributed by atoms with E-state index in [0.29, 0.717) is 33.4 Å². The Balaban J connectivity index is 1.69. The van der Waals surface area contributed by atoms with E-state index >= 15 is 0 Å². The number of nitrogens with one attached hydrogen (secondary N) is 1. The smallest absolute Gasteiger partial charge is 0.167 e. The first-order chi connectivity index (χ1) is 13.0. The molecule has 0 saturated heterocycles. The number of ketones is 1. The van der Waals surface area contributed by atoms with Gasteiger partial charge in [-0.15, -0.1) is 0 Å². The maximum atomic E-state index is 12.7. The molecule has 134 valence electrons. The van der Waals surface area contributed by atoms with Crippen LogP contribution in [0.15, 0.2) is 60.7 Å². The van der Waals surface area contributed by atoms with E-state index < -0.39 is 0 Å². The summed E-state index contributed by atoms with van der Waals surface area (Å²) in [7, 11) is 0. The van der Waals surface area contributed by atoms with Gasteiger partial charge in [0.05, 0.1) is 26.6 Å². The van der Waals surface area contributed by atoms with E-state index in [-0.39, 0.29) is 5.78 Å². The number of imidazole rings is 1. The van der Waals surface area contributed by atoms with Crippen LogP contribution in [0.2, 0.25) is 10.0 Å². The number of halogens is 2. The molecule has 5 heteroatoms. The summed E-state index contributed by atoms with van der Waals surface area (Å²) >= 11 is 12.6. The molecule has 3 aromatic carbocycles. The summed E-state index contributed by atoms with van der Waals surface area (Å²) in [6.07, 6.45) is 0.371. The number of nitrogens with zero attached hydrogens (tertiary/aromatic N) is 1. The number of rotatable bonds is 4. The van der Waals surface area contributed by atoms with Crippen LogP contribution in [-0.2, 0) is 6.42 Å². The van der Waals surface area contributed by atoms with Crippen molar-refractivity contribution in [1.29, 1.82) is 0 Å². The molecule has 1 N–H and O–H groups in total. The first-order valence-corrected chi connectivity index (χ1v) is 9.30. The fraction of sp³-hybridized carbons (Fsp3) is 0.0909. The molecule has 0 aliphatic rings. The number of benzene rings is 3. The number of H-pyrrole nitrogens is 1. The third-order valence-electron chi connectivity index (χ3n) is 4.62. The second kappa shape index (κ2) is 7.18. The summed E-state index contributed by atoms with van der Waals surface area (Å²) in [4.78, 5) is 20.5. The molecule has 0 bridgehead atoms. The molecule has 0 aliphatic carbocycles. The number of hydrogen-bond acceptors (Lipinski definition) is 2. The fourth-order valence-corrected chi connectivity index (χ4v) is 3.69. The standard InChI is InChI=1S/C22H16Cl2N2O/c1-13-5-2-3-6-14(13)12-20(27)15-9-10-18-19(11-15)26-22(25-18)21-16(23)7-4-8-17(21)24/h2-11H,12H2,1H3,(H,25,26). The molecular formula is C22H16Cl2N2O. The highest BCUT2D eigenvalue weighted by Gasteiger charge is 2.15. The lowest BCUT2D eigenvalue weighted by Gasteiger charge is -2.05. The van der Waals surface area contributed by atoms with E-state index in [0.717, 1.165) is 22.2 Å².